The number of hydrogen-bond acceptors (Lipinski definition) is 7. The third-order valence-corrected chi connectivity index (χ3v) is 3.27. The molecule has 20 heavy (non-hydrogen) atoms. The lowest BCUT2D eigenvalue weighted by Gasteiger charge is -2.00. The van der Waals surface area contributed by atoms with E-state index in [0.717, 1.165) is 24.0 Å². The highest BCUT2D eigenvalue weighted by atomic mass is 32.2. The summed E-state index contributed by atoms with van der Waals surface area (Å²) in [5.41, 5.74) is -0.262. The molecule has 0 saturated heterocycles. The van der Waals surface area contributed by atoms with Crippen LogP contribution >= 0.6 is 11.8 Å². The second kappa shape index (κ2) is 5.29. The van der Waals surface area contributed by atoms with Crippen LogP contribution in [0.5, 0.6) is 0 Å². The van der Waals surface area contributed by atoms with Gasteiger partial charge in [-0.1, -0.05) is 0 Å². The first-order valence-corrected chi connectivity index (χ1v) is 6.19. The molecule has 1 N–H and O–H groups in total. The molecule has 2 heterocycles. The molecule has 8 nitrogen and oxygen atoms in total. The first-order chi connectivity index (χ1) is 9.38. The van der Waals surface area contributed by atoms with Crippen molar-refractivity contribution >= 4 is 23.4 Å². The molecule has 0 unspecified atom stereocenters. The van der Waals surface area contributed by atoms with E-state index in [2.05, 4.69) is 9.97 Å². The van der Waals surface area contributed by atoms with Crippen LogP contribution in [0.25, 0.3) is 0 Å². The number of aromatic nitrogens is 2. The molecule has 0 aliphatic heterocycles. The third-order valence-electron chi connectivity index (χ3n) is 2.49. The topological polar surface area (TPSA) is 119 Å². The molecule has 0 atom stereocenters. The van der Waals surface area contributed by atoms with E-state index in [1.165, 1.54) is 0 Å². The Morgan fingerprint density at radius 3 is 2.70 bits per heavy atom. The summed E-state index contributed by atoms with van der Waals surface area (Å²) in [5.74, 6) is -0.742. The van der Waals surface area contributed by atoms with Crippen molar-refractivity contribution in [2.45, 2.75) is 24.1 Å². The first kappa shape index (κ1) is 14.0. The van der Waals surface area contributed by atoms with Gasteiger partial charge in [0.2, 0.25) is 0 Å². The summed E-state index contributed by atoms with van der Waals surface area (Å²) in [7, 11) is 0. The molecule has 2 rings (SSSR count). The quantitative estimate of drug-likeness (QED) is 0.674. The van der Waals surface area contributed by atoms with Crippen molar-refractivity contribution in [2.24, 2.45) is 0 Å². The number of oxazole rings is 1. The molecule has 2 aromatic rings. The molecule has 104 valence electrons. The molecule has 9 heteroatoms. The first-order valence-electron chi connectivity index (χ1n) is 5.38. The van der Waals surface area contributed by atoms with Crippen molar-refractivity contribution < 1.29 is 19.2 Å². The van der Waals surface area contributed by atoms with E-state index in [1.807, 2.05) is 0 Å². The SMILES string of the molecule is Cc1nc(Sc2cc(C(=O)O)c([N+](=O)[O-])cn2)oc1C. The predicted octanol–water partition coefficient (Wildman–Crippen LogP) is 2.44. The zero-order chi connectivity index (χ0) is 14.9. The highest BCUT2D eigenvalue weighted by Crippen LogP contribution is 2.29. The smallest absolute Gasteiger partial charge is 0.342 e. The number of carboxylic acids is 1. The maximum atomic E-state index is 11.0. The van der Waals surface area contributed by atoms with E-state index >= 15 is 0 Å². The number of aromatic carboxylic acids is 1. The lowest BCUT2D eigenvalue weighted by atomic mass is 10.2. The molecule has 0 saturated carbocycles. The Labute approximate surface area is 117 Å². The fourth-order valence-electron chi connectivity index (χ4n) is 1.38. The van der Waals surface area contributed by atoms with E-state index in [4.69, 9.17) is 9.52 Å². The van der Waals surface area contributed by atoms with Crippen molar-refractivity contribution in [1.29, 1.82) is 0 Å². The molecule has 0 aromatic carbocycles. The van der Waals surface area contributed by atoms with Crippen molar-refractivity contribution in [1.82, 2.24) is 9.97 Å². The van der Waals surface area contributed by atoms with Gasteiger partial charge < -0.3 is 9.52 Å². The van der Waals surface area contributed by atoms with Crippen molar-refractivity contribution in [2.75, 3.05) is 0 Å². The molecule has 0 radical (unpaired) electrons. The molecule has 0 spiro atoms. The Hall–Kier alpha value is -2.42. The van der Waals surface area contributed by atoms with Gasteiger partial charge in [0.25, 0.3) is 5.22 Å². The number of hydrogen-bond donors (Lipinski definition) is 1. The largest absolute Gasteiger partial charge is 0.477 e. The van der Waals surface area contributed by atoms with Crippen molar-refractivity contribution in [3.05, 3.63) is 39.4 Å². The fraction of sp³-hybridized carbons (Fsp3) is 0.182. The molecule has 0 amide bonds. The predicted molar refractivity (Wildman–Crippen MR) is 68.0 cm³/mol. The molecule has 0 aliphatic carbocycles. The minimum Gasteiger partial charge on any atom is -0.477 e. The van der Waals surface area contributed by atoms with Crippen LogP contribution in [0.4, 0.5) is 5.69 Å². The average molecular weight is 295 g/mol. The van der Waals surface area contributed by atoms with Gasteiger partial charge in [0, 0.05) is 0 Å². The summed E-state index contributed by atoms with van der Waals surface area (Å²) >= 11 is 1.000. The zero-order valence-corrected chi connectivity index (χ0v) is 11.3. The number of carboxylic acid groups (broad SMARTS) is 1. The van der Waals surface area contributed by atoms with Gasteiger partial charge in [-0.05, 0) is 31.7 Å². The monoisotopic (exact) mass is 295 g/mol. The molecule has 0 aliphatic rings. The van der Waals surface area contributed by atoms with Gasteiger partial charge in [-0.2, -0.15) is 0 Å². The van der Waals surface area contributed by atoms with Gasteiger partial charge in [0.15, 0.2) is 0 Å². The summed E-state index contributed by atoms with van der Waals surface area (Å²) < 4.78 is 5.33. The third kappa shape index (κ3) is 2.77. The van der Waals surface area contributed by atoms with Crippen LogP contribution in [0.15, 0.2) is 26.9 Å². The second-order valence-electron chi connectivity index (χ2n) is 3.83. The van der Waals surface area contributed by atoms with E-state index in [0.29, 0.717) is 16.7 Å². The van der Waals surface area contributed by atoms with Gasteiger partial charge in [-0.3, -0.25) is 10.1 Å². The van der Waals surface area contributed by atoms with Crippen LogP contribution in [-0.2, 0) is 0 Å². The van der Waals surface area contributed by atoms with Crippen LogP contribution < -0.4 is 0 Å². The number of pyridine rings is 1. The van der Waals surface area contributed by atoms with Gasteiger partial charge in [0.05, 0.1) is 10.6 Å². The Morgan fingerprint density at radius 1 is 1.50 bits per heavy atom. The van der Waals surface area contributed by atoms with Crippen LogP contribution in [0.3, 0.4) is 0 Å². The minimum atomic E-state index is -1.39. The molecule has 0 fully saturated rings. The summed E-state index contributed by atoms with van der Waals surface area (Å²) in [5, 5.41) is 20.2. The summed E-state index contributed by atoms with van der Waals surface area (Å²) in [6.45, 7) is 3.52. The number of aryl methyl sites for hydroxylation is 2. The van der Waals surface area contributed by atoms with Gasteiger partial charge in [0.1, 0.15) is 22.5 Å². The number of rotatable bonds is 4. The average Bonchev–Trinajstić information content (AvgIpc) is 2.67. The van der Waals surface area contributed by atoms with E-state index < -0.39 is 22.1 Å². The standard InChI is InChI=1S/C11H9N3O5S/c1-5-6(2)19-11(13-5)20-9-3-7(10(15)16)8(4-12-9)14(17)18/h3-4H,1-2H3,(H,15,16). The van der Waals surface area contributed by atoms with Crippen LogP contribution in [0.1, 0.15) is 21.8 Å². The number of nitrogens with zero attached hydrogens (tertiary/aromatic N) is 3. The minimum absolute atomic E-state index is 0.259. The van der Waals surface area contributed by atoms with Crippen LogP contribution in [0, 0.1) is 24.0 Å². The Kier molecular flexibility index (Phi) is 3.70. The fourth-order valence-corrected chi connectivity index (χ4v) is 2.19. The second-order valence-corrected chi connectivity index (χ2v) is 4.80. The number of nitro groups is 1. The van der Waals surface area contributed by atoms with E-state index in [1.54, 1.807) is 13.8 Å². The Bertz CT molecular complexity index is 678. The lowest BCUT2D eigenvalue weighted by molar-refractivity contribution is -0.385. The summed E-state index contributed by atoms with van der Waals surface area (Å²) in [6, 6.07) is 1.12. The molecular weight excluding hydrogens is 286 g/mol. The van der Waals surface area contributed by atoms with Crippen molar-refractivity contribution in [3.8, 4) is 0 Å². The molecule has 2 aromatic heterocycles. The molecule has 0 bridgehead atoms. The summed E-state index contributed by atoms with van der Waals surface area (Å²) in [6.07, 6.45) is 0.911. The maximum Gasteiger partial charge on any atom is 0.342 e. The van der Waals surface area contributed by atoms with Crippen LogP contribution in [-0.4, -0.2) is 26.0 Å². The van der Waals surface area contributed by atoms with Gasteiger partial charge in [-0.15, -0.1) is 0 Å². The Balaban J connectivity index is 2.36. The Morgan fingerprint density at radius 2 is 2.20 bits per heavy atom. The van der Waals surface area contributed by atoms with Crippen LogP contribution in [0.2, 0.25) is 0 Å². The highest BCUT2D eigenvalue weighted by Gasteiger charge is 2.22. The van der Waals surface area contributed by atoms with E-state index in [-0.39, 0.29) is 5.03 Å². The van der Waals surface area contributed by atoms with Gasteiger partial charge in [-0.25, -0.2) is 14.8 Å². The number of carbonyl (C=O) groups is 1. The molecular formula is C11H9N3O5S. The summed E-state index contributed by atoms with van der Waals surface area (Å²) in [4.78, 5) is 28.9. The maximum absolute atomic E-state index is 11.0. The highest BCUT2D eigenvalue weighted by molar-refractivity contribution is 7.99. The van der Waals surface area contributed by atoms with Gasteiger partial charge >= 0.3 is 11.7 Å². The van der Waals surface area contributed by atoms with E-state index in [9.17, 15) is 14.9 Å². The van der Waals surface area contributed by atoms with Crippen molar-refractivity contribution in [3.63, 3.8) is 0 Å². The normalized spacial score (nSPS) is 10.5. The zero-order valence-electron chi connectivity index (χ0n) is 10.5. The lowest BCUT2D eigenvalue weighted by Crippen LogP contribution is -2.03.